The molecule has 0 radical (unpaired) electrons. The van der Waals surface area contributed by atoms with Gasteiger partial charge in [-0.15, -0.1) is 11.3 Å². The summed E-state index contributed by atoms with van der Waals surface area (Å²) in [5, 5.41) is 8.16. The summed E-state index contributed by atoms with van der Waals surface area (Å²) in [6.07, 6.45) is 1.43. The van der Waals surface area contributed by atoms with Crippen molar-refractivity contribution in [3.8, 4) is 0 Å². The van der Waals surface area contributed by atoms with Crippen LogP contribution < -0.4 is 10.6 Å². The van der Waals surface area contributed by atoms with Gasteiger partial charge in [0.05, 0.1) is 17.2 Å². The molecule has 0 atom stereocenters. The Morgan fingerprint density at radius 1 is 1.53 bits per heavy atom. The van der Waals surface area contributed by atoms with Gasteiger partial charge in [-0.25, -0.2) is 4.98 Å². The van der Waals surface area contributed by atoms with Gasteiger partial charge < -0.3 is 10.6 Å². The summed E-state index contributed by atoms with van der Waals surface area (Å²) in [5.41, 5.74) is 0.857. The fraction of sp³-hybridized carbons (Fsp3) is 0.364. The van der Waals surface area contributed by atoms with E-state index in [2.05, 4.69) is 22.2 Å². The molecule has 0 aromatic carbocycles. The predicted molar refractivity (Wildman–Crippen MR) is 66.5 cm³/mol. The number of aromatic nitrogens is 1. The second-order valence-corrected chi connectivity index (χ2v) is 4.44. The molecule has 2 amide bonds. The lowest BCUT2D eigenvalue weighted by Gasteiger charge is -2.03. The van der Waals surface area contributed by atoms with Crippen LogP contribution in [0.1, 0.15) is 17.1 Å². The normalized spacial score (nSPS) is 9.71. The molecule has 0 fully saturated rings. The van der Waals surface area contributed by atoms with Crippen molar-refractivity contribution in [2.75, 3.05) is 6.54 Å². The number of nitrogens with one attached hydrogen (secondary N) is 2. The topological polar surface area (TPSA) is 71.1 Å². The highest BCUT2D eigenvalue weighted by atomic mass is 32.1. The molecule has 5 nitrogen and oxygen atoms in total. The molecule has 1 aromatic heterocycles. The van der Waals surface area contributed by atoms with Crippen LogP contribution in [0.5, 0.6) is 0 Å². The number of hydrogen-bond donors (Lipinski definition) is 2. The van der Waals surface area contributed by atoms with Crippen molar-refractivity contribution in [1.82, 2.24) is 15.6 Å². The van der Waals surface area contributed by atoms with E-state index in [0.717, 1.165) is 10.7 Å². The van der Waals surface area contributed by atoms with Crippen LogP contribution in [0.3, 0.4) is 0 Å². The monoisotopic (exact) mass is 253 g/mol. The average Bonchev–Trinajstić information content (AvgIpc) is 2.72. The molecule has 0 aliphatic carbocycles. The molecule has 0 bridgehead atoms. The van der Waals surface area contributed by atoms with E-state index in [1.807, 2.05) is 12.3 Å². The Hall–Kier alpha value is -1.69. The van der Waals surface area contributed by atoms with Crippen LogP contribution in [0.25, 0.3) is 0 Å². The number of nitrogens with zero attached hydrogens (tertiary/aromatic N) is 1. The van der Waals surface area contributed by atoms with E-state index >= 15 is 0 Å². The molecule has 0 spiro atoms. The third-order valence-corrected chi connectivity index (χ3v) is 2.79. The molecular weight excluding hydrogens is 238 g/mol. The number of aryl methyl sites for hydroxylation is 1. The van der Waals surface area contributed by atoms with Gasteiger partial charge in [-0.3, -0.25) is 9.59 Å². The first-order chi connectivity index (χ1) is 8.11. The molecule has 2 N–H and O–H groups in total. The number of hydrogen-bond acceptors (Lipinski definition) is 4. The first-order valence-corrected chi connectivity index (χ1v) is 6.07. The van der Waals surface area contributed by atoms with Crippen LogP contribution in [-0.4, -0.2) is 23.3 Å². The molecule has 17 heavy (non-hydrogen) atoms. The summed E-state index contributed by atoms with van der Waals surface area (Å²) < 4.78 is 0. The van der Waals surface area contributed by atoms with Crippen LogP contribution in [0, 0.1) is 6.92 Å². The highest BCUT2D eigenvalue weighted by Crippen LogP contribution is 2.07. The van der Waals surface area contributed by atoms with Gasteiger partial charge in [-0.2, -0.15) is 0 Å². The van der Waals surface area contributed by atoms with Gasteiger partial charge in [-0.1, -0.05) is 6.58 Å². The largest absolute Gasteiger partial charge is 0.352 e. The smallest absolute Gasteiger partial charge is 0.243 e. The van der Waals surface area contributed by atoms with Crippen LogP contribution in [0.15, 0.2) is 18.0 Å². The maximum Gasteiger partial charge on any atom is 0.243 e. The Labute approximate surface area is 104 Å². The first kappa shape index (κ1) is 13.4. The van der Waals surface area contributed by atoms with E-state index < -0.39 is 0 Å². The van der Waals surface area contributed by atoms with Crippen molar-refractivity contribution in [2.45, 2.75) is 19.9 Å². The molecule has 0 unspecified atom stereocenters. The number of rotatable bonds is 6. The van der Waals surface area contributed by atoms with Gasteiger partial charge in [0.25, 0.3) is 0 Å². The summed E-state index contributed by atoms with van der Waals surface area (Å²) in [6, 6.07) is 0. The fourth-order valence-corrected chi connectivity index (χ4v) is 1.75. The van der Waals surface area contributed by atoms with Gasteiger partial charge in [0, 0.05) is 18.3 Å². The maximum absolute atomic E-state index is 11.4. The van der Waals surface area contributed by atoms with E-state index in [0.29, 0.717) is 13.1 Å². The zero-order valence-electron chi connectivity index (χ0n) is 9.66. The maximum atomic E-state index is 11.4. The summed E-state index contributed by atoms with van der Waals surface area (Å²) in [5.74, 6) is -0.382. The molecule has 0 aliphatic rings. The molecule has 0 aliphatic heterocycles. The zero-order valence-corrected chi connectivity index (χ0v) is 10.5. The molecule has 0 saturated heterocycles. The van der Waals surface area contributed by atoms with Crippen LogP contribution in [0.2, 0.25) is 0 Å². The Kier molecular flexibility index (Phi) is 5.35. The number of thiazole rings is 1. The van der Waals surface area contributed by atoms with Crippen molar-refractivity contribution in [1.29, 1.82) is 0 Å². The predicted octanol–water partition coefficient (Wildman–Crippen LogP) is 0.760. The Morgan fingerprint density at radius 3 is 2.88 bits per heavy atom. The molecule has 6 heteroatoms. The minimum absolute atomic E-state index is 0.111. The Bertz CT molecular complexity index is 415. The van der Waals surface area contributed by atoms with E-state index in [-0.39, 0.29) is 18.2 Å². The van der Waals surface area contributed by atoms with Crippen molar-refractivity contribution < 1.29 is 9.59 Å². The van der Waals surface area contributed by atoms with Gasteiger partial charge in [0.1, 0.15) is 0 Å². The molecule has 1 heterocycles. The SMILES string of the molecule is C=CC(=O)NCCC(=O)NCc1csc(C)n1. The standard InChI is InChI=1S/C11H15N3O2S/c1-3-10(15)12-5-4-11(16)13-6-9-7-17-8(2)14-9/h3,7H,1,4-6H2,2H3,(H,12,15)(H,13,16). The summed E-state index contributed by atoms with van der Waals surface area (Å²) in [4.78, 5) is 26.4. The number of amides is 2. The lowest BCUT2D eigenvalue weighted by molar-refractivity contribution is -0.121. The van der Waals surface area contributed by atoms with Gasteiger partial charge >= 0.3 is 0 Å². The highest BCUT2D eigenvalue weighted by molar-refractivity contribution is 7.09. The van der Waals surface area contributed by atoms with Crippen LogP contribution in [0.4, 0.5) is 0 Å². The third kappa shape index (κ3) is 5.26. The minimum Gasteiger partial charge on any atom is -0.352 e. The van der Waals surface area contributed by atoms with Crippen LogP contribution in [-0.2, 0) is 16.1 Å². The summed E-state index contributed by atoms with van der Waals surface area (Å²) >= 11 is 1.55. The molecular formula is C11H15N3O2S. The van der Waals surface area contributed by atoms with Crippen LogP contribution >= 0.6 is 11.3 Å². The van der Waals surface area contributed by atoms with E-state index in [4.69, 9.17) is 0 Å². The van der Waals surface area contributed by atoms with Gasteiger partial charge in [0.2, 0.25) is 11.8 Å². The lowest BCUT2D eigenvalue weighted by Crippen LogP contribution is -2.29. The first-order valence-electron chi connectivity index (χ1n) is 5.20. The lowest BCUT2D eigenvalue weighted by atomic mass is 10.3. The number of carbonyl (C=O) groups is 2. The quantitative estimate of drug-likeness (QED) is 0.735. The zero-order chi connectivity index (χ0) is 12.7. The average molecular weight is 253 g/mol. The summed E-state index contributed by atoms with van der Waals surface area (Å²) in [7, 11) is 0. The second-order valence-electron chi connectivity index (χ2n) is 3.38. The molecule has 0 saturated carbocycles. The summed E-state index contributed by atoms with van der Waals surface area (Å²) in [6.45, 7) is 5.98. The van der Waals surface area contributed by atoms with Gasteiger partial charge in [-0.05, 0) is 13.0 Å². The second kappa shape index (κ2) is 6.80. The van der Waals surface area contributed by atoms with E-state index in [9.17, 15) is 9.59 Å². The molecule has 92 valence electrons. The molecule has 1 aromatic rings. The van der Waals surface area contributed by atoms with Crippen molar-refractivity contribution in [2.24, 2.45) is 0 Å². The Morgan fingerprint density at radius 2 is 2.29 bits per heavy atom. The fourth-order valence-electron chi connectivity index (χ4n) is 1.14. The van der Waals surface area contributed by atoms with Gasteiger partial charge in [0.15, 0.2) is 0 Å². The minimum atomic E-state index is -0.270. The van der Waals surface area contributed by atoms with Crippen molar-refractivity contribution in [3.05, 3.63) is 28.7 Å². The van der Waals surface area contributed by atoms with Crippen molar-refractivity contribution in [3.63, 3.8) is 0 Å². The molecule has 1 rings (SSSR count). The highest BCUT2D eigenvalue weighted by Gasteiger charge is 2.03. The van der Waals surface area contributed by atoms with E-state index in [1.165, 1.54) is 6.08 Å². The van der Waals surface area contributed by atoms with E-state index in [1.54, 1.807) is 11.3 Å². The Balaban J connectivity index is 2.17. The number of carbonyl (C=O) groups excluding carboxylic acids is 2. The van der Waals surface area contributed by atoms with Crippen molar-refractivity contribution >= 4 is 23.2 Å². The third-order valence-electron chi connectivity index (χ3n) is 1.97.